The van der Waals surface area contributed by atoms with Crippen molar-refractivity contribution >= 4 is 50.2 Å². The van der Waals surface area contributed by atoms with Crippen LogP contribution in [0.5, 0.6) is 0 Å². The van der Waals surface area contributed by atoms with E-state index in [1.54, 1.807) is 34.2 Å². The number of para-hydroxylation sites is 1. The van der Waals surface area contributed by atoms with Gasteiger partial charge in [-0.1, -0.05) is 47.7 Å². The monoisotopic (exact) mass is 627 g/mol. The fraction of sp³-hybridized carbons (Fsp3) is 0.258. The number of hydrogen-bond acceptors (Lipinski definition) is 9. The van der Waals surface area contributed by atoms with E-state index in [2.05, 4.69) is 10.3 Å². The Morgan fingerprint density at radius 3 is 2.56 bits per heavy atom. The molecule has 0 saturated carbocycles. The summed E-state index contributed by atoms with van der Waals surface area (Å²) in [6, 6.07) is 19.0. The summed E-state index contributed by atoms with van der Waals surface area (Å²) in [4.78, 5) is 48.8. The van der Waals surface area contributed by atoms with Crippen LogP contribution in [-0.4, -0.2) is 74.5 Å². The number of hydrogen-bond donors (Lipinski definition) is 3. The number of nitrogen functional groups attached to an aromatic ring is 2. The Labute approximate surface area is 262 Å². The molecule has 2 aliphatic rings. The second-order valence-corrected chi connectivity index (χ2v) is 11.9. The quantitative estimate of drug-likeness (QED) is 0.198. The average molecular weight is 628 g/mol. The largest absolute Gasteiger partial charge is 0.399 e. The van der Waals surface area contributed by atoms with Crippen LogP contribution in [0.1, 0.15) is 16.7 Å². The number of hydrazine groups is 1. The molecule has 2 aliphatic heterocycles. The minimum absolute atomic E-state index is 0.0857. The minimum atomic E-state index is -0.865. The van der Waals surface area contributed by atoms with E-state index in [0.29, 0.717) is 21.9 Å². The molecule has 5 N–H and O–H groups in total. The number of benzene rings is 3. The van der Waals surface area contributed by atoms with Crippen LogP contribution in [0, 0.1) is 17.1 Å². The number of nitrogens with one attached hydrogen (secondary N) is 1. The van der Waals surface area contributed by atoms with E-state index >= 15 is 0 Å². The van der Waals surface area contributed by atoms with Gasteiger partial charge in [0.05, 0.1) is 29.4 Å². The molecular weight excluding hydrogens is 597 g/mol. The van der Waals surface area contributed by atoms with Crippen LogP contribution >= 0.6 is 11.3 Å². The topological polar surface area (TPSA) is 165 Å². The molecule has 45 heavy (non-hydrogen) atoms. The van der Waals surface area contributed by atoms with Gasteiger partial charge in [-0.2, -0.15) is 10.3 Å². The van der Waals surface area contributed by atoms with E-state index in [1.807, 2.05) is 36.4 Å². The number of urea groups is 1. The zero-order valence-electron chi connectivity index (χ0n) is 24.1. The Morgan fingerprint density at radius 1 is 1.09 bits per heavy atom. The van der Waals surface area contributed by atoms with Gasteiger partial charge in [0, 0.05) is 25.2 Å². The number of anilines is 2. The maximum Gasteiger partial charge on any atom is 0.333 e. The SMILES string of the molecule is N#CCN(C(=O)NCc1ccc(F)cc1)N1CC(=O)N2[C@@H](Cc3ccc(N)cc3)C(=O)N(Cc3cccc4sc(N)nc34)C[C@@H]21. The number of rotatable bonds is 8. The Hall–Kier alpha value is -5.26. The molecule has 0 aliphatic carbocycles. The van der Waals surface area contributed by atoms with Gasteiger partial charge in [0.25, 0.3) is 0 Å². The van der Waals surface area contributed by atoms with Crippen molar-refractivity contribution in [3.8, 4) is 6.07 Å². The van der Waals surface area contributed by atoms with Gasteiger partial charge in [-0.15, -0.1) is 0 Å². The van der Waals surface area contributed by atoms with Crippen molar-refractivity contribution in [2.24, 2.45) is 0 Å². The number of piperazine rings is 1. The molecule has 3 aromatic carbocycles. The zero-order chi connectivity index (χ0) is 31.7. The lowest BCUT2D eigenvalue weighted by Gasteiger charge is -2.46. The third kappa shape index (κ3) is 6.08. The lowest BCUT2D eigenvalue weighted by atomic mass is 9.99. The molecule has 1 aromatic heterocycles. The fourth-order valence-corrected chi connectivity index (χ4v) is 6.62. The Balaban J connectivity index is 1.31. The highest BCUT2D eigenvalue weighted by Gasteiger charge is 2.52. The third-order valence-electron chi connectivity index (χ3n) is 7.98. The second kappa shape index (κ2) is 12.4. The van der Waals surface area contributed by atoms with Gasteiger partial charge in [-0.25, -0.2) is 19.2 Å². The molecule has 2 atom stereocenters. The molecule has 3 heterocycles. The van der Waals surface area contributed by atoms with Crippen molar-refractivity contribution in [3.05, 3.63) is 89.2 Å². The standard InChI is InChI=1S/C31H30FN9O3S/c32-22-8-4-20(5-9-22)15-36-31(44)39(13-12-33)40-18-27(42)41-24(14-19-6-10-23(34)11-7-19)29(43)38(17-26(40)41)16-21-2-1-3-25-28(21)37-30(35)45-25/h1-11,24,26H,13-18,34H2,(H2,35,37)(H,36,44)/t24-,26+/m0/s1. The molecule has 4 aromatic rings. The highest BCUT2D eigenvalue weighted by atomic mass is 32.1. The predicted octanol–water partition coefficient (Wildman–Crippen LogP) is 2.67. The lowest BCUT2D eigenvalue weighted by Crippen LogP contribution is -2.66. The van der Waals surface area contributed by atoms with Crippen LogP contribution < -0.4 is 16.8 Å². The smallest absolute Gasteiger partial charge is 0.333 e. The molecule has 4 amide bonds. The van der Waals surface area contributed by atoms with E-state index in [4.69, 9.17) is 11.5 Å². The van der Waals surface area contributed by atoms with Crippen LogP contribution in [0.25, 0.3) is 10.2 Å². The normalized spacial score (nSPS) is 18.2. The van der Waals surface area contributed by atoms with Gasteiger partial charge in [0.1, 0.15) is 24.6 Å². The van der Waals surface area contributed by atoms with Gasteiger partial charge in [-0.3, -0.25) is 9.59 Å². The van der Waals surface area contributed by atoms with Gasteiger partial charge in [0.15, 0.2) is 5.13 Å². The number of carbonyl (C=O) groups is 3. The molecule has 6 rings (SSSR count). The molecule has 0 spiro atoms. The van der Waals surface area contributed by atoms with Crippen molar-refractivity contribution in [2.45, 2.75) is 31.7 Å². The van der Waals surface area contributed by atoms with E-state index in [0.717, 1.165) is 15.8 Å². The first kappa shape index (κ1) is 29.8. The molecule has 230 valence electrons. The molecular formula is C31H30FN9O3S. The number of nitrogens with two attached hydrogens (primary N) is 2. The van der Waals surface area contributed by atoms with Crippen LogP contribution in [0.15, 0.2) is 66.7 Å². The molecule has 0 radical (unpaired) electrons. The van der Waals surface area contributed by atoms with Crippen molar-refractivity contribution < 1.29 is 18.8 Å². The number of carbonyl (C=O) groups excluding carboxylic acids is 3. The van der Waals surface area contributed by atoms with E-state index in [1.165, 1.54) is 33.4 Å². The number of nitrogens with zero attached hydrogens (tertiary/aromatic N) is 6. The Morgan fingerprint density at radius 2 is 1.82 bits per heavy atom. The summed E-state index contributed by atoms with van der Waals surface area (Å²) < 4.78 is 14.3. The maximum atomic E-state index is 14.1. The van der Waals surface area contributed by atoms with E-state index in [9.17, 15) is 24.0 Å². The first-order valence-corrected chi connectivity index (χ1v) is 15.0. The lowest BCUT2D eigenvalue weighted by molar-refractivity contribution is -0.157. The molecule has 2 saturated heterocycles. The first-order valence-electron chi connectivity index (χ1n) is 14.2. The van der Waals surface area contributed by atoms with E-state index in [-0.39, 0.29) is 51.0 Å². The molecule has 0 bridgehead atoms. The van der Waals surface area contributed by atoms with E-state index < -0.39 is 24.1 Å². The first-order chi connectivity index (χ1) is 21.7. The number of aromatic nitrogens is 1. The second-order valence-electron chi connectivity index (χ2n) is 10.9. The number of nitriles is 1. The molecule has 2 fully saturated rings. The minimum Gasteiger partial charge on any atom is -0.399 e. The van der Waals surface area contributed by atoms with Gasteiger partial charge in [0.2, 0.25) is 11.8 Å². The Kier molecular flexibility index (Phi) is 8.20. The van der Waals surface area contributed by atoms with Crippen LogP contribution in [-0.2, 0) is 29.1 Å². The van der Waals surface area contributed by atoms with Crippen LogP contribution in [0.2, 0.25) is 0 Å². The summed E-state index contributed by atoms with van der Waals surface area (Å²) in [6.07, 6.45) is -0.493. The predicted molar refractivity (Wildman–Crippen MR) is 166 cm³/mol. The summed E-state index contributed by atoms with van der Waals surface area (Å²) >= 11 is 1.36. The van der Waals surface area contributed by atoms with Crippen molar-refractivity contribution in [1.29, 1.82) is 5.26 Å². The van der Waals surface area contributed by atoms with Crippen LogP contribution in [0.4, 0.5) is 20.0 Å². The zero-order valence-corrected chi connectivity index (χ0v) is 24.9. The van der Waals surface area contributed by atoms with Gasteiger partial charge < -0.3 is 26.6 Å². The highest BCUT2D eigenvalue weighted by Crippen LogP contribution is 2.32. The summed E-state index contributed by atoms with van der Waals surface area (Å²) in [5.74, 6) is -0.977. The molecule has 14 heteroatoms. The summed E-state index contributed by atoms with van der Waals surface area (Å²) in [5.41, 5.74) is 15.4. The third-order valence-corrected chi connectivity index (χ3v) is 8.83. The number of thiazole rings is 1. The molecule has 0 unspecified atom stereocenters. The average Bonchev–Trinajstić information content (AvgIpc) is 3.57. The summed E-state index contributed by atoms with van der Waals surface area (Å²) in [5, 5.41) is 15.6. The maximum absolute atomic E-state index is 14.1. The summed E-state index contributed by atoms with van der Waals surface area (Å²) in [6.45, 7) is -0.151. The van der Waals surface area contributed by atoms with Gasteiger partial charge >= 0.3 is 6.03 Å². The van der Waals surface area contributed by atoms with Crippen molar-refractivity contribution in [3.63, 3.8) is 0 Å². The number of halogens is 1. The Bertz CT molecular complexity index is 1790. The molecule has 12 nitrogen and oxygen atoms in total. The van der Waals surface area contributed by atoms with Crippen molar-refractivity contribution in [1.82, 2.24) is 30.1 Å². The summed E-state index contributed by atoms with van der Waals surface area (Å²) in [7, 11) is 0. The highest BCUT2D eigenvalue weighted by molar-refractivity contribution is 7.22. The van der Waals surface area contributed by atoms with Crippen molar-refractivity contribution in [2.75, 3.05) is 31.1 Å². The number of amides is 4. The van der Waals surface area contributed by atoms with Crippen LogP contribution in [0.3, 0.4) is 0 Å². The fourth-order valence-electron chi connectivity index (χ4n) is 5.84. The number of fused-ring (bicyclic) bond motifs is 2. The van der Waals surface area contributed by atoms with Gasteiger partial charge in [-0.05, 0) is 47.0 Å².